The summed E-state index contributed by atoms with van der Waals surface area (Å²) in [5, 5.41) is 6.10. The fraction of sp³-hybridized carbons (Fsp3) is 0.474. The summed E-state index contributed by atoms with van der Waals surface area (Å²) in [6.45, 7) is 11.3. The molecule has 4 aliphatic rings. The monoisotopic (exact) mass is 622 g/mol. The first-order valence-electron chi connectivity index (χ1n) is 16.8. The van der Waals surface area contributed by atoms with E-state index in [4.69, 9.17) is 14.0 Å². The molecule has 7 rings (SSSR count). The van der Waals surface area contributed by atoms with E-state index in [1.807, 2.05) is 72.8 Å². The molecular weight excluding hydrogens is 575 g/mol. The molecule has 0 aromatic heterocycles. The van der Waals surface area contributed by atoms with Crippen LogP contribution in [0.15, 0.2) is 84.9 Å². The van der Waals surface area contributed by atoms with E-state index in [2.05, 4.69) is 57.4 Å². The molecule has 1 aliphatic heterocycles. The van der Waals surface area contributed by atoms with Crippen LogP contribution in [0.1, 0.15) is 65.0 Å². The molecule has 1 heterocycles. The molecule has 8 heteroatoms. The minimum absolute atomic E-state index is 0.0193. The summed E-state index contributed by atoms with van der Waals surface area (Å²) >= 11 is 0. The molecule has 0 unspecified atom stereocenters. The van der Waals surface area contributed by atoms with E-state index >= 15 is 0 Å². The molecule has 3 aromatic carbocycles. The molecule has 4 fully saturated rings. The van der Waals surface area contributed by atoms with Crippen LogP contribution in [-0.4, -0.2) is 42.8 Å². The van der Waals surface area contributed by atoms with Crippen molar-refractivity contribution in [3.63, 3.8) is 0 Å². The van der Waals surface area contributed by atoms with E-state index < -0.39 is 19.3 Å². The van der Waals surface area contributed by atoms with E-state index in [1.54, 1.807) is 0 Å². The highest BCUT2D eigenvalue weighted by molar-refractivity contribution is 6.48. The Hall–Kier alpha value is -3.62. The first kappa shape index (κ1) is 32.3. The van der Waals surface area contributed by atoms with Crippen molar-refractivity contribution in [3.8, 4) is 11.1 Å². The van der Waals surface area contributed by atoms with Crippen LogP contribution in [-0.2, 0) is 31.9 Å². The van der Waals surface area contributed by atoms with Gasteiger partial charge in [-0.25, -0.2) is 4.79 Å². The number of benzene rings is 3. The number of amides is 2. The maximum atomic E-state index is 14.1. The van der Waals surface area contributed by atoms with Crippen molar-refractivity contribution in [2.24, 2.45) is 23.2 Å². The summed E-state index contributed by atoms with van der Waals surface area (Å²) in [5.74, 6) is 0.717. The first-order chi connectivity index (χ1) is 22.0. The zero-order valence-electron chi connectivity index (χ0n) is 27.7. The first-order valence-corrected chi connectivity index (χ1v) is 16.8. The van der Waals surface area contributed by atoms with Gasteiger partial charge in [-0.15, -0.1) is 0 Å². The summed E-state index contributed by atoms with van der Waals surface area (Å²) in [6, 6.07) is 26.9. The largest absolute Gasteiger partial charge is 0.481 e. The van der Waals surface area contributed by atoms with Crippen LogP contribution in [0.3, 0.4) is 0 Å². The van der Waals surface area contributed by atoms with E-state index in [0.29, 0.717) is 30.6 Å². The van der Waals surface area contributed by atoms with Gasteiger partial charge in [-0.05, 0) is 71.6 Å². The molecule has 2 bridgehead atoms. The van der Waals surface area contributed by atoms with E-state index in [-0.39, 0.29) is 35.6 Å². The predicted octanol–water partition coefficient (Wildman–Crippen LogP) is 6.99. The third-order valence-corrected chi connectivity index (χ3v) is 10.7. The zero-order chi connectivity index (χ0) is 32.5. The molecule has 0 spiro atoms. The second-order valence-electron chi connectivity index (χ2n) is 14.6. The molecular formula is C38H47BN2O5. The lowest BCUT2D eigenvalue weighted by Gasteiger charge is -2.64. The maximum absolute atomic E-state index is 14.1. The van der Waals surface area contributed by atoms with Gasteiger partial charge >= 0.3 is 13.2 Å². The highest BCUT2D eigenvalue weighted by atomic mass is 16.7. The molecule has 6 atom stereocenters. The summed E-state index contributed by atoms with van der Waals surface area (Å²) in [7, 11) is -0.549. The number of carbonyl (C=O) groups is 2. The predicted molar refractivity (Wildman–Crippen MR) is 181 cm³/mol. The van der Waals surface area contributed by atoms with Crippen LogP contribution in [0.25, 0.3) is 11.1 Å². The smallest absolute Gasteiger partial charge is 0.445 e. The quantitative estimate of drug-likeness (QED) is 0.225. The topological polar surface area (TPSA) is 85.9 Å². The molecule has 7 nitrogen and oxygen atoms in total. The summed E-state index contributed by atoms with van der Waals surface area (Å²) in [5.41, 5.74) is 3.86. The third kappa shape index (κ3) is 6.74. The summed E-state index contributed by atoms with van der Waals surface area (Å²) in [6.07, 6.45) is 2.52. The summed E-state index contributed by atoms with van der Waals surface area (Å²) in [4.78, 5) is 27.1. The van der Waals surface area contributed by atoms with Crippen molar-refractivity contribution in [3.05, 3.63) is 96.1 Å². The second kappa shape index (κ2) is 13.2. The van der Waals surface area contributed by atoms with Gasteiger partial charge in [-0.1, -0.05) is 113 Å². The van der Waals surface area contributed by atoms with Gasteiger partial charge in [0.25, 0.3) is 0 Å². The number of hydrogen-bond acceptors (Lipinski definition) is 5. The van der Waals surface area contributed by atoms with E-state index in [9.17, 15) is 9.59 Å². The van der Waals surface area contributed by atoms with Crippen molar-refractivity contribution in [2.45, 2.75) is 90.6 Å². The maximum Gasteiger partial charge on any atom is 0.481 e. The fourth-order valence-corrected chi connectivity index (χ4v) is 7.92. The number of nitrogens with one attached hydrogen (secondary N) is 2. The van der Waals surface area contributed by atoms with Crippen LogP contribution < -0.4 is 10.6 Å². The van der Waals surface area contributed by atoms with Gasteiger partial charge in [0.2, 0.25) is 5.91 Å². The lowest BCUT2D eigenvalue weighted by molar-refractivity contribution is -0.199. The minimum atomic E-state index is -0.855. The molecule has 3 aromatic rings. The zero-order valence-corrected chi connectivity index (χ0v) is 27.7. The van der Waals surface area contributed by atoms with Crippen molar-refractivity contribution in [2.75, 3.05) is 0 Å². The third-order valence-electron chi connectivity index (χ3n) is 10.7. The van der Waals surface area contributed by atoms with Crippen molar-refractivity contribution >= 4 is 19.1 Å². The normalized spacial score (nSPS) is 25.6. The molecule has 242 valence electrons. The van der Waals surface area contributed by atoms with Gasteiger partial charge < -0.3 is 24.7 Å². The molecule has 2 N–H and O–H groups in total. The van der Waals surface area contributed by atoms with Crippen molar-refractivity contribution < 1.29 is 23.6 Å². The minimum Gasteiger partial charge on any atom is -0.445 e. The Bertz CT molecular complexity index is 1500. The van der Waals surface area contributed by atoms with Crippen LogP contribution >= 0.6 is 0 Å². The Balaban J connectivity index is 1.18. The van der Waals surface area contributed by atoms with Gasteiger partial charge in [-0.2, -0.15) is 0 Å². The average molecular weight is 623 g/mol. The van der Waals surface area contributed by atoms with Gasteiger partial charge in [0.05, 0.1) is 17.6 Å². The van der Waals surface area contributed by atoms with Crippen LogP contribution in [0.5, 0.6) is 0 Å². The molecule has 1 saturated heterocycles. The van der Waals surface area contributed by atoms with Gasteiger partial charge in [0, 0.05) is 6.42 Å². The van der Waals surface area contributed by atoms with Crippen molar-refractivity contribution in [1.29, 1.82) is 0 Å². The number of hydrogen-bond donors (Lipinski definition) is 2. The van der Waals surface area contributed by atoms with E-state index in [1.165, 1.54) is 0 Å². The number of carbonyl (C=O) groups excluding carboxylic acids is 2. The van der Waals surface area contributed by atoms with Crippen LogP contribution in [0.2, 0.25) is 0 Å². The number of rotatable bonds is 11. The SMILES string of the molecule is CC(C)C[C@H](NC(=O)[C@H](Cc1ccc(-c2ccccc2)cc1)NC(=O)OCc1ccccc1)B1O[C@@H]2C[C@@H]3C[C@@H](C3(C)C)[C@]2(C)O1. The van der Waals surface area contributed by atoms with Crippen LogP contribution in [0, 0.1) is 23.2 Å². The van der Waals surface area contributed by atoms with E-state index in [0.717, 1.165) is 35.1 Å². The van der Waals surface area contributed by atoms with Crippen molar-refractivity contribution in [1.82, 2.24) is 10.6 Å². The molecule has 46 heavy (non-hydrogen) atoms. The fourth-order valence-electron chi connectivity index (χ4n) is 7.92. The molecule has 2 amide bonds. The van der Waals surface area contributed by atoms with Crippen LogP contribution in [0.4, 0.5) is 4.79 Å². The van der Waals surface area contributed by atoms with Gasteiger partial charge in [0.1, 0.15) is 12.6 Å². The standard InChI is InChI=1S/C38H47BN2O5/c1-25(2)20-34(39-45-33-23-30-22-32(37(30,3)4)38(33,5)46-39)41-35(42)31(40-36(43)44-24-27-12-8-6-9-13-27)21-26-16-18-29(19-17-26)28-14-10-7-11-15-28/h6-19,25,30-34H,20-24H2,1-5H3,(H,40,43)(H,41,42)/t30-,31-,32-,33+,34-,38-/m0/s1. The lowest BCUT2D eigenvalue weighted by Crippen LogP contribution is -2.65. The lowest BCUT2D eigenvalue weighted by atomic mass is 9.43. The highest BCUT2D eigenvalue weighted by Gasteiger charge is 2.68. The molecule has 3 aliphatic carbocycles. The Morgan fingerprint density at radius 2 is 1.52 bits per heavy atom. The second-order valence-corrected chi connectivity index (χ2v) is 14.6. The Kier molecular flexibility index (Phi) is 9.31. The Labute approximate surface area is 273 Å². The molecule has 3 saturated carbocycles. The van der Waals surface area contributed by atoms with Gasteiger partial charge in [-0.3, -0.25) is 4.79 Å². The Morgan fingerprint density at radius 3 is 2.17 bits per heavy atom. The average Bonchev–Trinajstić information content (AvgIpc) is 3.41. The number of ether oxygens (including phenoxy) is 1. The highest BCUT2D eigenvalue weighted by Crippen LogP contribution is 2.65. The molecule has 0 radical (unpaired) electrons. The number of alkyl carbamates (subject to hydrolysis) is 1. The summed E-state index contributed by atoms with van der Waals surface area (Å²) < 4.78 is 18.9. The Morgan fingerprint density at radius 1 is 0.870 bits per heavy atom. The van der Waals surface area contributed by atoms with Gasteiger partial charge in [0.15, 0.2) is 0 Å².